The maximum absolute atomic E-state index is 11.4. The second-order valence-corrected chi connectivity index (χ2v) is 3.19. The maximum Gasteiger partial charge on any atom is 0.246 e. The van der Waals surface area contributed by atoms with Crippen molar-refractivity contribution in [3.05, 3.63) is 18.3 Å². The number of hydrogen-bond donors (Lipinski definition) is 2. The summed E-state index contributed by atoms with van der Waals surface area (Å²) in [6.07, 6.45) is 1.24. The van der Waals surface area contributed by atoms with Gasteiger partial charge in [-0.15, -0.1) is 0 Å². The summed E-state index contributed by atoms with van der Waals surface area (Å²) in [5.74, 6) is 0.716. The van der Waals surface area contributed by atoms with Crippen molar-refractivity contribution in [3.63, 3.8) is 0 Å². The molecule has 2 atom stereocenters. The van der Waals surface area contributed by atoms with Crippen LogP contribution in [0.25, 0.3) is 0 Å². The summed E-state index contributed by atoms with van der Waals surface area (Å²) in [4.78, 5) is 15.4. The number of nitrogens with one attached hydrogen (secondary N) is 1. The highest BCUT2D eigenvalue weighted by atomic mass is 16.5. The Morgan fingerprint density at radius 1 is 1.64 bits per heavy atom. The fraction of sp³-hybridized carbons (Fsp3) is 0.333. The molecular weight excluding hydrogens is 182 g/mol. The minimum Gasteiger partial charge on any atom is -0.485 e. The summed E-state index contributed by atoms with van der Waals surface area (Å²) in [5.41, 5.74) is 5.64. The highest BCUT2D eigenvalue weighted by Gasteiger charge is 2.27. The van der Waals surface area contributed by atoms with Crippen LogP contribution >= 0.6 is 0 Å². The Kier molecular flexibility index (Phi) is 2.09. The molecule has 5 heteroatoms. The van der Waals surface area contributed by atoms with Crippen LogP contribution in [0.1, 0.15) is 6.92 Å². The van der Waals surface area contributed by atoms with Crippen LogP contribution in [0.2, 0.25) is 0 Å². The Hall–Kier alpha value is -1.62. The lowest BCUT2D eigenvalue weighted by Crippen LogP contribution is -2.44. The molecule has 74 valence electrons. The van der Waals surface area contributed by atoms with Crippen LogP contribution < -0.4 is 15.8 Å². The summed E-state index contributed by atoms with van der Waals surface area (Å²) >= 11 is 0. The van der Waals surface area contributed by atoms with Gasteiger partial charge >= 0.3 is 0 Å². The molecule has 2 heterocycles. The van der Waals surface area contributed by atoms with Gasteiger partial charge in [0.15, 0.2) is 11.6 Å². The number of nitrogens with zero attached hydrogens (tertiary/aromatic N) is 1. The third-order valence-electron chi connectivity index (χ3n) is 2.13. The monoisotopic (exact) mass is 193 g/mol. The summed E-state index contributed by atoms with van der Waals surface area (Å²) in [5, 5.41) is 2.60. The van der Waals surface area contributed by atoms with E-state index >= 15 is 0 Å². The molecule has 1 aliphatic rings. The van der Waals surface area contributed by atoms with Crippen LogP contribution in [-0.4, -0.2) is 23.0 Å². The van der Waals surface area contributed by atoms with Gasteiger partial charge in [-0.05, 0) is 19.1 Å². The zero-order chi connectivity index (χ0) is 10.1. The lowest BCUT2D eigenvalue weighted by atomic mass is 10.2. The second kappa shape index (κ2) is 3.26. The molecule has 2 rings (SSSR count). The molecule has 0 saturated carbocycles. The molecule has 5 nitrogen and oxygen atoms in total. The molecule has 1 aromatic heterocycles. The van der Waals surface area contributed by atoms with Crippen molar-refractivity contribution in [1.29, 1.82) is 0 Å². The van der Waals surface area contributed by atoms with E-state index in [2.05, 4.69) is 10.3 Å². The number of amides is 1. The number of aromatic nitrogens is 1. The van der Waals surface area contributed by atoms with E-state index in [0.29, 0.717) is 11.6 Å². The van der Waals surface area contributed by atoms with Gasteiger partial charge in [-0.2, -0.15) is 0 Å². The van der Waals surface area contributed by atoms with Gasteiger partial charge in [-0.25, -0.2) is 4.98 Å². The van der Waals surface area contributed by atoms with Crippen molar-refractivity contribution in [3.8, 4) is 5.75 Å². The van der Waals surface area contributed by atoms with Gasteiger partial charge in [-0.1, -0.05) is 0 Å². The van der Waals surface area contributed by atoms with Gasteiger partial charge in [0.05, 0.1) is 0 Å². The van der Waals surface area contributed by atoms with Crippen molar-refractivity contribution < 1.29 is 9.53 Å². The van der Waals surface area contributed by atoms with E-state index < -0.39 is 6.04 Å². The number of ether oxygens (including phenoxy) is 1. The number of nitrogens with two attached hydrogens (primary N) is 1. The minimum absolute atomic E-state index is 0.269. The molecule has 3 N–H and O–H groups in total. The molecule has 0 fully saturated rings. The van der Waals surface area contributed by atoms with Crippen LogP contribution in [0.5, 0.6) is 5.75 Å². The van der Waals surface area contributed by atoms with Crippen molar-refractivity contribution in [1.82, 2.24) is 4.98 Å². The zero-order valence-electron chi connectivity index (χ0n) is 7.73. The first-order valence-corrected chi connectivity index (χ1v) is 4.36. The molecular formula is C9H11N3O2. The van der Waals surface area contributed by atoms with Gasteiger partial charge in [0.2, 0.25) is 5.91 Å². The van der Waals surface area contributed by atoms with E-state index in [4.69, 9.17) is 10.5 Å². The molecule has 0 aromatic carbocycles. The number of fused-ring (bicyclic) bond motifs is 1. The first-order valence-electron chi connectivity index (χ1n) is 4.36. The molecule has 0 bridgehead atoms. The van der Waals surface area contributed by atoms with E-state index in [9.17, 15) is 4.79 Å². The first-order chi connectivity index (χ1) is 6.68. The van der Waals surface area contributed by atoms with Crippen molar-refractivity contribution >= 4 is 11.7 Å². The average Bonchev–Trinajstić information content (AvgIpc) is 2.28. The van der Waals surface area contributed by atoms with E-state index in [1.165, 1.54) is 0 Å². The Bertz CT molecular complexity index is 367. The van der Waals surface area contributed by atoms with Gasteiger partial charge in [0.1, 0.15) is 12.1 Å². The first kappa shape index (κ1) is 8.96. The third-order valence-corrected chi connectivity index (χ3v) is 2.13. The number of hydrogen-bond acceptors (Lipinski definition) is 4. The standard InChI is InChI=1S/C9H11N3O2/c1-5-7(10)9(13)12-8-6(14-5)3-2-4-11-8/h2-5,7H,10H2,1H3,(H,11,12,13)/t5-,7-/m0/s1. The molecule has 1 aliphatic heterocycles. The highest BCUT2D eigenvalue weighted by Crippen LogP contribution is 2.25. The molecule has 0 unspecified atom stereocenters. The van der Waals surface area contributed by atoms with Crippen LogP contribution in [0.15, 0.2) is 18.3 Å². The largest absolute Gasteiger partial charge is 0.485 e. The Morgan fingerprint density at radius 3 is 3.21 bits per heavy atom. The van der Waals surface area contributed by atoms with Crippen LogP contribution in [0.3, 0.4) is 0 Å². The molecule has 1 amide bonds. The minimum atomic E-state index is -0.663. The molecule has 1 aromatic rings. The molecule has 14 heavy (non-hydrogen) atoms. The van der Waals surface area contributed by atoms with Crippen molar-refractivity contribution in [2.24, 2.45) is 5.73 Å². The highest BCUT2D eigenvalue weighted by molar-refractivity contribution is 5.96. The number of pyridine rings is 1. The zero-order valence-corrected chi connectivity index (χ0v) is 7.73. The number of carbonyl (C=O) groups is 1. The van der Waals surface area contributed by atoms with Crippen LogP contribution in [0, 0.1) is 0 Å². The smallest absolute Gasteiger partial charge is 0.246 e. The Balaban J connectivity index is 2.39. The normalized spacial score (nSPS) is 25.7. The van der Waals surface area contributed by atoms with Crippen molar-refractivity contribution in [2.75, 3.05) is 5.32 Å². The fourth-order valence-electron chi connectivity index (χ4n) is 1.27. The van der Waals surface area contributed by atoms with Gasteiger partial charge in [-0.3, -0.25) is 4.79 Å². The third kappa shape index (κ3) is 1.42. The number of rotatable bonds is 0. The molecule has 0 saturated heterocycles. The van der Waals surface area contributed by atoms with Gasteiger partial charge in [0, 0.05) is 6.20 Å². The van der Waals surface area contributed by atoms with Crippen molar-refractivity contribution in [2.45, 2.75) is 19.1 Å². The predicted molar refractivity (Wildman–Crippen MR) is 50.9 cm³/mol. The molecule has 0 radical (unpaired) electrons. The van der Waals surface area contributed by atoms with Gasteiger partial charge < -0.3 is 15.8 Å². The van der Waals surface area contributed by atoms with E-state index in [1.54, 1.807) is 25.3 Å². The van der Waals surface area contributed by atoms with Crippen LogP contribution in [0.4, 0.5) is 5.82 Å². The Morgan fingerprint density at radius 2 is 2.43 bits per heavy atom. The van der Waals surface area contributed by atoms with E-state index in [0.717, 1.165) is 0 Å². The summed E-state index contributed by atoms with van der Waals surface area (Å²) < 4.78 is 5.47. The lowest BCUT2D eigenvalue weighted by molar-refractivity contribution is -0.118. The summed E-state index contributed by atoms with van der Waals surface area (Å²) in [7, 11) is 0. The average molecular weight is 193 g/mol. The summed E-state index contributed by atoms with van der Waals surface area (Å²) in [6.45, 7) is 1.76. The number of carbonyl (C=O) groups excluding carboxylic acids is 1. The lowest BCUT2D eigenvalue weighted by Gasteiger charge is -2.15. The number of anilines is 1. The fourth-order valence-corrected chi connectivity index (χ4v) is 1.27. The topological polar surface area (TPSA) is 77.2 Å². The maximum atomic E-state index is 11.4. The van der Waals surface area contributed by atoms with Gasteiger partial charge in [0.25, 0.3) is 0 Å². The quantitative estimate of drug-likeness (QED) is 0.614. The predicted octanol–water partition coefficient (Wildman–Crippen LogP) is 0.128. The second-order valence-electron chi connectivity index (χ2n) is 3.19. The SMILES string of the molecule is C[C@@H]1Oc2cccnc2NC(=O)[C@H]1N. The summed E-state index contributed by atoms with van der Waals surface area (Å²) in [6, 6.07) is 2.83. The Labute approximate surface area is 81.3 Å². The van der Waals surface area contributed by atoms with Crippen LogP contribution in [-0.2, 0) is 4.79 Å². The van der Waals surface area contributed by atoms with E-state index in [-0.39, 0.29) is 12.0 Å². The molecule has 0 aliphatic carbocycles. The molecule has 0 spiro atoms. The van der Waals surface area contributed by atoms with E-state index in [1.807, 2.05) is 0 Å².